The highest BCUT2D eigenvalue weighted by Gasteiger charge is 2.13. The smallest absolute Gasteiger partial charge is 0.289 e. The summed E-state index contributed by atoms with van der Waals surface area (Å²) in [7, 11) is 0. The summed E-state index contributed by atoms with van der Waals surface area (Å²) in [5.74, 6) is 0.468. The standard InChI is InChI=1S/C19H18N4O3/c1-2-26-18-6-4-3-5-15(18)16-11-17(22-21-16)19(25)23-20-12-13-7-9-14(24)10-8-13/h3-12,24H,2H2,1H3,(H,21,22)(H,23,25)/b20-12+. The molecule has 0 unspecified atom stereocenters. The maximum Gasteiger partial charge on any atom is 0.289 e. The van der Waals surface area contributed by atoms with Crippen molar-refractivity contribution >= 4 is 12.1 Å². The maximum atomic E-state index is 12.2. The number of amides is 1. The van der Waals surface area contributed by atoms with E-state index in [1.165, 1.54) is 6.21 Å². The van der Waals surface area contributed by atoms with Crippen LogP contribution < -0.4 is 10.2 Å². The summed E-state index contributed by atoms with van der Waals surface area (Å²) in [5.41, 5.74) is 4.88. The molecule has 26 heavy (non-hydrogen) atoms. The zero-order valence-electron chi connectivity index (χ0n) is 14.1. The number of ether oxygens (including phenoxy) is 1. The number of aromatic hydroxyl groups is 1. The van der Waals surface area contributed by atoms with Crippen molar-refractivity contribution in [1.29, 1.82) is 0 Å². The van der Waals surface area contributed by atoms with Crippen LogP contribution in [0, 0.1) is 0 Å². The van der Waals surface area contributed by atoms with Gasteiger partial charge in [0.25, 0.3) is 5.91 Å². The summed E-state index contributed by atoms with van der Waals surface area (Å²) < 4.78 is 5.59. The minimum Gasteiger partial charge on any atom is -0.508 e. The topological polar surface area (TPSA) is 99.6 Å². The zero-order valence-corrected chi connectivity index (χ0v) is 14.1. The molecular formula is C19H18N4O3. The zero-order chi connectivity index (χ0) is 18.4. The molecule has 0 aliphatic rings. The fourth-order valence-electron chi connectivity index (χ4n) is 2.32. The molecule has 2 aromatic carbocycles. The first-order chi connectivity index (χ1) is 12.7. The number of phenols is 1. The highest BCUT2D eigenvalue weighted by atomic mass is 16.5. The lowest BCUT2D eigenvalue weighted by Crippen LogP contribution is -2.17. The number of hydrogen-bond donors (Lipinski definition) is 3. The summed E-state index contributed by atoms with van der Waals surface area (Å²) in [5, 5.41) is 20.0. The number of hydrazone groups is 1. The minimum atomic E-state index is -0.410. The molecule has 0 atom stereocenters. The Labute approximate surface area is 150 Å². The van der Waals surface area contributed by atoms with Crippen LogP contribution in [0.2, 0.25) is 0 Å². The Bertz CT molecular complexity index is 917. The van der Waals surface area contributed by atoms with Crippen molar-refractivity contribution in [3.8, 4) is 22.8 Å². The first kappa shape index (κ1) is 17.2. The van der Waals surface area contributed by atoms with E-state index >= 15 is 0 Å². The molecule has 7 heteroatoms. The number of rotatable bonds is 6. The molecule has 7 nitrogen and oxygen atoms in total. The van der Waals surface area contributed by atoms with Crippen LogP contribution in [0.1, 0.15) is 23.0 Å². The number of hydrogen-bond acceptors (Lipinski definition) is 5. The van der Waals surface area contributed by atoms with E-state index in [1.54, 1.807) is 30.3 Å². The molecule has 3 aromatic rings. The van der Waals surface area contributed by atoms with Crippen LogP contribution in [-0.4, -0.2) is 34.0 Å². The molecule has 3 N–H and O–H groups in total. The number of para-hydroxylation sites is 1. The average Bonchev–Trinajstić information content (AvgIpc) is 3.14. The number of H-pyrrole nitrogens is 1. The lowest BCUT2D eigenvalue weighted by molar-refractivity contribution is 0.0950. The third-order valence-electron chi connectivity index (χ3n) is 3.56. The summed E-state index contributed by atoms with van der Waals surface area (Å²) in [6.07, 6.45) is 1.49. The van der Waals surface area contributed by atoms with Gasteiger partial charge in [-0.2, -0.15) is 10.2 Å². The van der Waals surface area contributed by atoms with Gasteiger partial charge in [0.2, 0.25) is 0 Å². The van der Waals surface area contributed by atoms with Gasteiger partial charge in [-0.1, -0.05) is 12.1 Å². The molecule has 0 fully saturated rings. The first-order valence-corrected chi connectivity index (χ1v) is 8.07. The van der Waals surface area contributed by atoms with E-state index in [9.17, 15) is 9.90 Å². The van der Waals surface area contributed by atoms with Crippen LogP contribution in [0.25, 0.3) is 11.3 Å². The number of aromatic nitrogens is 2. The molecule has 0 radical (unpaired) electrons. The Morgan fingerprint density at radius 2 is 2.04 bits per heavy atom. The Morgan fingerprint density at radius 3 is 2.81 bits per heavy atom. The van der Waals surface area contributed by atoms with Gasteiger partial charge in [0.1, 0.15) is 17.2 Å². The molecule has 0 aliphatic heterocycles. The molecule has 1 aromatic heterocycles. The van der Waals surface area contributed by atoms with Gasteiger partial charge in [-0.05, 0) is 55.0 Å². The van der Waals surface area contributed by atoms with Crippen molar-refractivity contribution in [3.63, 3.8) is 0 Å². The average molecular weight is 350 g/mol. The van der Waals surface area contributed by atoms with E-state index in [-0.39, 0.29) is 11.4 Å². The summed E-state index contributed by atoms with van der Waals surface area (Å²) >= 11 is 0. The van der Waals surface area contributed by atoms with Crippen LogP contribution in [0.5, 0.6) is 11.5 Å². The molecule has 0 aliphatic carbocycles. The van der Waals surface area contributed by atoms with Crippen molar-refractivity contribution in [1.82, 2.24) is 15.6 Å². The Hall–Kier alpha value is -3.61. The summed E-state index contributed by atoms with van der Waals surface area (Å²) in [6.45, 7) is 2.45. The normalized spacial score (nSPS) is 10.8. The minimum absolute atomic E-state index is 0.170. The van der Waals surface area contributed by atoms with E-state index in [0.717, 1.165) is 11.1 Å². The Balaban J connectivity index is 1.69. The number of benzene rings is 2. The molecule has 0 bridgehead atoms. The molecule has 1 heterocycles. The van der Waals surface area contributed by atoms with Crippen LogP contribution in [0.3, 0.4) is 0 Å². The van der Waals surface area contributed by atoms with E-state index < -0.39 is 5.91 Å². The van der Waals surface area contributed by atoms with E-state index in [0.29, 0.717) is 18.1 Å². The van der Waals surface area contributed by atoms with Gasteiger partial charge in [0.05, 0.1) is 18.5 Å². The third-order valence-corrected chi connectivity index (χ3v) is 3.56. The van der Waals surface area contributed by atoms with Crippen LogP contribution in [0.15, 0.2) is 59.7 Å². The molecule has 3 rings (SSSR count). The van der Waals surface area contributed by atoms with Crippen molar-refractivity contribution < 1.29 is 14.6 Å². The van der Waals surface area contributed by atoms with E-state index in [2.05, 4.69) is 20.7 Å². The van der Waals surface area contributed by atoms with Crippen LogP contribution in [-0.2, 0) is 0 Å². The number of nitrogens with one attached hydrogen (secondary N) is 2. The second kappa shape index (κ2) is 7.98. The summed E-state index contributed by atoms with van der Waals surface area (Å²) in [6, 6.07) is 15.6. The molecule has 0 spiro atoms. The van der Waals surface area contributed by atoms with Crippen molar-refractivity contribution in [2.75, 3.05) is 6.61 Å². The van der Waals surface area contributed by atoms with Gasteiger partial charge >= 0.3 is 0 Å². The van der Waals surface area contributed by atoms with Gasteiger partial charge in [0.15, 0.2) is 0 Å². The van der Waals surface area contributed by atoms with E-state index in [1.807, 2.05) is 31.2 Å². The fourth-order valence-corrected chi connectivity index (χ4v) is 2.32. The highest BCUT2D eigenvalue weighted by Crippen LogP contribution is 2.28. The van der Waals surface area contributed by atoms with Gasteiger partial charge in [-0.25, -0.2) is 5.43 Å². The molecule has 0 saturated heterocycles. The number of carbonyl (C=O) groups excluding carboxylic acids is 1. The van der Waals surface area contributed by atoms with Crippen LogP contribution >= 0.6 is 0 Å². The van der Waals surface area contributed by atoms with Crippen LogP contribution in [0.4, 0.5) is 0 Å². The lowest BCUT2D eigenvalue weighted by Gasteiger charge is -2.07. The largest absolute Gasteiger partial charge is 0.508 e. The highest BCUT2D eigenvalue weighted by molar-refractivity contribution is 5.94. The van der Waals surface area contributed by atoms with Gasteiger partial charge in [0, 0.05) is 5.56 Å². The Kier molecular flexibility index (Phi) is 5.28. The Morgan fingerprint density at radius 1 is 1.27 bits per heavy atom. The molecular weight excluding hydrogens is 332 g/mol. The summed E-state index contributed by atoms with van der Waals surface area (Å²) in [4.78, 5) is 12.2. The maximum absolute atomic E-state index is 12.2. The first-order valence-electron chi connectivity index (χ1n) is 8.07. The van der Waals surface area contributed by atoms with Crippen molar-refractivity contribution in [3.05, 3.63) is 65.9 Å². The van der Waals surface area contributed by atoms with Crippen molar-refractivity contribution in [2.45, 2.75) is 6.92 Å². The van der Waals surface area contributed by atoms with E-state index in [4.69, 9.17) is 4.74 Å². The molecule has 1 amide bonds. The molecule has 132 valence electrons. The van der Waals surface area contributed by atoms with Crippen molar-refractivity contribution in [2.24, 2.45) is 5.10 Å². The predicted octanol–water partition coefficient (Wildman–Crippen LogP) is 2.94. The second-order valence-electron chi connectivity index (χ2n) is 5.39. The second-order valence-corrected chi connectivity index (χ2v) is 5.39. The van der Waals surface area contributed by atoms with Gasteiger partial charge in [-0.15, -0.1) is 0 Å². The quantitative estimate of drug-likeness (QED) is 0.470. The third kappa shape index (κ3) is 4.07. The molecule has 0 saturated carbocycles. The number of nitrogens with zero attached hydrogens (tertiary/aromatic N) is 2. The SMILES string of the molecule is CCOc1ccccc1-c1cc(C(=O)N/N=C/c2ccc(O)cc2)[nH]n1. The monoisotopic (exact) mass is 350 g/mol. The number of carbonyl (C=O) groups is 1. The van der Waals surface area contributed by atoms with Gasteiger partial charge < -0.3 is 9.84 Å². The fraction of sp³-hybridized carbons (Fsp3) is 0.105. The predicted molar refractivity (Wildman–Crippen MR) is 98.4 cm³/mol. The lowest BCUT2D eigenvalue weighted by atomic mass is 10.1. The number of aromatic amines is 1. The number of phenolic OH excluding ortho intramolecular Hbond substituents is 1. The van der Waals surface area contributed by atoms with Gasteiger partial charge in [-0.3, -0.25) is 9.89 Å².